The van der Waals surface area contributed by atoms with Gasteiger partial charge < -0.3 is 5.11 Å². The van der Waals surface area contributed by atoms with Gasteiger partial charge in [-0.3, -0.25) is 4.98 Å². The third kappa shape index (κ3) is 3.07. The zero-order valence-corrected chi connectivity index (χ0v) is 11.0. The van der Waals surface area contributed by atoms with E-state index in [2.05, 4.69) is 4.98 Å². The highest BCUT2D eigenvalue weighted by Crippen LogP contribution is 2.21. The summed E-state index contributed by atoms with van der Waals surface area (Å²) in [7, 11) is -3.27. The van der Waals surface area contributed by atoms with E-state index in [1.807, 2.05) is 12.1 Å². The Balaban J connectivity index is 1.99. The van der Waals surface area contributed by atoms with Gasteiger partial charge in [0.05, 0.1) is 12.4 Å². The lowest BCUT2D eigenvalue weighted by molar-refractivity contribution is 0.213. The third-order valence-electron chi connectivity index (χ3n) is 3.29. The molecule has 0 spiro atoms. The number of sulfonamides is 1. The molecule has 0 saturated carbocycles. The molecule has 0 bridgehead atoms. The van der Waals surface area contributed by atoms with E-state index >= 15 is 0 Å². The number of hydrogen-bond donors (Lipinski definition) is 1. The van der Waals surface area contributed by atoms with Crippen LogP contribution < -0.4 is 0 Å². The maximum atomic E-state index is 12.2. The van der Waals surface area contributed by atoms with Gasteiger partial charge in [-0.25, -0.2) is 8.42 Å². The van der Waals surface area contributed by atoms with Gasteiger partial charge in [-0.2, -0.15) is 4.31 Å². The second-order valence-corrected chi connectivity index (χ2v) is 6.55. The van der Waals surface area contributed by atoms with E-state index in [1.54, 1.807) is 12.4 Å². The van der Waals surface area contributed by atoms with Crippen molar-refractivity contribution in [2.45, 2.75) is 25.3 Å². The van der Waals surface area contributed by atoms with Gasteiger partial charge in [-0.15, -0.1) is 0 Å². The minimum absolute atomic E-state index is 0.0888. The standard InChI is InChI=1S/C12H18N2O3S/c15-10-12-2-1-8-14(12)18(16,17)9-5-11-3-6-13-7-4-11/h3-4,6-7,12,15H,1-2,5,8-10H2/t12-/m0/s1. The summed E-state index contributed by atoms with van der Waals surface area (Å²) in [6, 6.07) is 3.42. The average molecular weight is 270 g/mol. The fourth-order valence-electron chi connectivity index (χ4n) is 2.27. The van der Waals surface area contributed by atoms with Crippen LogP contribution in [0.3, 0.4) is 0 Å². The monoisotopic (exact) mass is 270 g/mol. The van der Waals surface area contributed by atoms with E-state index in [0.29, 0.717) is 13.0 Å². The Morgan fingerprint density at radius 3 is 2.78 bits per heavy atom. The molecule has 6 heteroatoms. The summed E-state index contributed by atoms with van der Waals surface area (Å²) >= 11 is 0. The molecule has 0 unspecified atom stereocenters. The molecule has 2 heterocycles. The highest BCUT2D eigenvalue weighted by molar-refractivity contribution is 7.89. The van der Waals surface area contributed by atoms with Crippen molar-refractivity contribution in [2.75, 3.05) is 18.9 Å². The van der Waals surface area contributed by atoms with E-state index in [-0.39, 0.29) is 18.4 Å². The first kappa shape index (κ1) is 13.5. The van der Waals surface area contributed by atoms with Crippen molar-refractivity contribution in [3.63, 3.8) is 0 Å². The molecule has 1 aliphatic heterocycles. The molecular weight excluding hydrogens is 252 g/mol. The van der Waals surface area contributed by atoms with Crippen LogP contribution in [0.25, 0.3) is 0 Å². The number of nitrogens with zero attached hydrogens (tertiary/aromatic N) is 2. The molecule has 1 saturated heterocycles. The van der Waals surface area contributed by atoms with Crippen LogP contribution in [0.5, 0.6) is 0 Å². The number of aryl methyl sites for hydroxylation is 1. The number of aromatic nitrogens is 1. The predicted molar refractivity (Wildman–Crippen MR) is 68.5 cm³/mol. The van der Waals surface area contributed by atoms with Crippen LogP contribution in [0, 0.1) is 0 Å². The van der Waals surface area contributed by atoms with Crippen molar-refractivity contribution < 1.29 is 13.5 Å². The summed E-state index contributed by atoms with van der Waals surface area (Å²) in [6.07, 6.45) is 5.40. The highest BCUT2D eigenvalue weighted by Gasteiger charge is 2.33. The van der Waals surface area contributed by atoms with Crippen molar-refractivity contribution >= 4 is 10.0 Å². The van der Waals surface area contributed by atoms with Gasteiger partial charge in [0.1, 0.15) is 0 Å². The van der Waals surface area contributed by atoms with Gasteiger partial charge in [-0.1, -0.05) is 0 Å². The molecule has 1 aromatic heterocycles. The average Bonchev–Trinajstić information content (AvgIpc) is 2.87. The van der Waals surface area contributed by atoms with Gasteiger partial charge in [0.15, 0.2) is 0 Å². The Hall–Kier alpha value is -0.980. The van der Waals surface area contributed by atoms with Crippen LogP contribution in [0.2, 0.25) is 0 Å². The zero-order valence-electron chi connectivity index (χ0n) is 10.2. The first-order valence-electron chi connectivity index (χ1n) is 6.13. The summed E-state index contributed by atoms with van der Waals surface area (Å²) in [5.74, 6) is 0.0908. The predicted octanol–water partition coefficient (Wildman–Crippen LogP) is 0.411. The van der Waals surface area contributed by atoms with E-state index in [9.17, 15) is 13.5 Å². The fraction of sp³-hybridized carbons (Fsp3) is 0.583. The van der Waals surface area contributed by atoms with Crippen LogP contribution in [0.4, 0.5) is 0 Å². The number of rotatable bonds is 5. The molecule has 5 nitrogen and oxygen atoms in total. The third-order valence-corrected chi connectivity index (χ3v) is 5.20. The number of aliphatic hydroxyl groups excluding tert-OH is 1. The molecule has 100 valence electrons. The van der Waals surface area contributed by atoms with Crippen LogP contribution in [0.1, 0.15) is 18.4 Å². The van der Waals surface area contributed by atoms with Crippen LogP contribution in [0.15, 0.2) is 24.5 Å². The molecule has 0 amide bonds. The molecule has 2 rings (SSSR count). The summed E-state index contributed by atoms with van der Waals surface area (Å²) in [4.78, 5) is 3.90. The van der Waals surface area contributed by atoms with Crippen molar-refractivity contribution in [1.82, 2.24) is 9.29 Å². The second kappa shape index (κ2) is 5.77. The maximum absolute atomic E-state index is 12.2. The Morgan fingerprint density at radius 1 is 1.39 bits per heavy atom. The van der Waals surface area contributed by atoms with E-state index in [4.69, 9.17) is 0 Å². The minimum Gasteiger partial charge on any atom is -0.395 e. The zero-order chi connectivity index (χ0) is 13.0. The largest absolute Gasteiger partial charge is 0.395 e. The van der Waals surface area contributed by atoms with Gasteiger partial charge in [-0.05, 0) is 37.0 Å². The number of aliphatic hydroxyl groups is 1. The Labute approximate surface area is 108 Å². The summed E-state index contributed by atoms with van der Waals surface area (Å²) in [5, 5.41) is 9.17. The lowest BCUT2D eigenvalue weighted by Gasteiger charge is -2.22. The molecule has 0 aliphatic carbocycles. The van der Waals surface area contributed by atoms with E-state index in [1.165, 1.54) is 4.31 Å². The molecule has 0 radical (unpaired) electrons. The van der Waals surface area contributed by atoms with Gasteiger partial charge >= 0.3 is 0 Å². The quantitative estimate of drug-likeness (QED) is 0.841. The first-order chi connectivity index (χ1) is 8.63. The minimum atomic E-state index is -3.27. The van der Waals surface area contributed by atoms with E-state index in [0.717, 1.165) is 18.4 Å². The number of pyridine rings is 1. The molecule has 1 atom stereocenters. The lowest BCUT2D eigenvalue weighted by atomic mass is 10.2. The van der Waals surface area contributed by atoms with Crippen LogP contribution >= 0.6 is 0 Å². The van der Waals surface area contributed by atoms with Crippen molar-refractivity contribution in [3.8, 4) is 0 Å². The Kier molecular flexibility index (Phi) is 4.31. The topological polar surface area (TPSA) is 70.5 Å². The first-order valence-corrected chi connectivity index (χ1v) is 7.73. The molecule has 1 fully saturated rings. The molecule has 18 heavy (non-hydrogen) atoms. The van der Waals surface area contributed by atoms with Crippen molar-refractivity contribution in [3.05, 3.63) is 30.1 Å². The fourth-order valence-corrected chi connectivity index (χ4v) is 4.03. The second-order valence-electron chi connectivity index (χ2n) is 4.51. The van der Waals surface area contributed by atoms with E-state index < -0.39 is 10.0 Å². The smallest absolute Gasteiger partial charge is 0.214 e. The summed E-state index contributed by atoms with van der Waals surface area (Å²) in [5.41, 5.74) is 0.966. The maximum Gasteiger partial charge on any atom is 0.214 e. The lowest BCUT2D eigenvalue weighted by Crippen LogP contribution is -2.39. The molecule has 1 aromatic rings. The van der Waals surface area contributed by atoms with Gasteiger partial charge in [0.25, 0.3) is 0 Å². The van der Waals surface area contributed by atoms with Gasteiger partial charge in [0, 0.05) is 25.0 Å². The molecule has 1 aliphatic rings. The van der Waals surface area contributed by atoms with Crippen molar-refractivity contribution in [1.29, 1.82) is 0 Å². The Bertz CT molecular complexity index is 475. The number of hydrogen-bond acceptors (Lipinski definition) is 4. The van der Waals surface area contributed by atoms with Gasteiger partial charge in [0.2, 0.25) is 10.0 Å². The SMILES string of the molecule is O=S(=O)(CCc1ccncc1)N1CCC[C@H]1CO. The molecule has 1 N–H and O–H groups in total. The van der Waals surface area contributed by atoms with Crippen LogP contribution in [-0.4, -0.2) is 47.8 Å². The highest BCUT2D eigenvalue weighted by atomic mass is 32.2. The molecular formula is C12H18N2O3S. The summed E-state index contributed by atoms with van der Waals surface area (Å²) < 4.78 is 25.8. The van der Waals surface area contributed by atoms with Crippen LogP contribution in [-0.2, 0) is 16.4 Å². The summed E-state index contributed by atoms with van der Waals surface area (Å²) in [6.45, 7) is 0.443. The molecule has 0 aromatic carbocycles. The normalized spacial score (nSPS) is 21.3. The van der Waals surface area contributed by atoms with Crippen molar-refractivity contribution in [2.24, 2.45) is 0 Å². The Morgan fingerprint density at radius 2 is 2.11 bits per heavy atom.